The summed E-state index contributed by atoms with van der Waals surface area (Å²) >= 11 is 0. The Morgan fingerprint density at radius 1 is 1.21 bits per heavy atom. The Hall–Kier alpha value is -0.120. The first-order valence-electron chi connectivity index (χ1n) is 7.83. The molecule has 0 spiro atoms. The molecule has 0 aromatic heterocycles. The monoisotopic (exact) mass is 269 g/mol. The zero-order valence-electron chi connectivity index (χ0n) is 14.2. The van der Waals surface area contributed by atoms with E-state index in [0.717, 1.165) is 13.1 Å². The predicted molar refractivity (Wildman–Crippen MR) is 84.7 cm³/mol. The van der Waals surface area contributed by atoms with Crippen molar-refractivity contribution in [3.8, 4) is 0 Å². The van der Waals surface area contributed by atoms with Gasteiger partial charge in [-0.2, -0.15) is 0 Å². The highest BCUT2D eigenvalue weighted by atomic mass is 15.2. The molecule has 1 rings (SSSR count). The zero-order valence-corrected chi connectivity index (χ0v) is 14.2. The van der Waals surface area contributed by atoms with Crippen LogP contribution in [0, 0.1) is 5.41 Å². The molecule has 0 amide bonds. The first kappa shape index (κ1) is 16.9. The minimum absolute atomic E-state index is 0.308. The van der Waals surface area contributed by atoms with Crippen molar-refractivity contribution in [2.24, 2.45) is 5.41 Å². The summed E-state index contributed by atoms with van der Waals surface area (Å²) in [6, 6.07) is 0.552. The van der Waals surface area contributed by atoms with Crippen LogP contribution in [-0.2, 0) is 0 Å². The molecule has 0 aromatic carbocycles. The molecule has 19 heavy (non-hydrogen) atoms. The van der Waals surface area contributed by atoms with Crippen molar-refractivity contribution in [1.29, 1.82) is 0 Å². The Morgan fingerprint density at radius 2 is 1.79 bits per heavy atom. The van der Waals surface area contributed by atoms with Crippen LogP contribution in [0.15, 0.2) is 0 Å². The van der Waals surface area contributed by atoms with E-state index in [1.54, 1.807) is 0 Å². The summed E-state index contributed by atoms with van der Waals surface area (Å²) < 4.78 is 0. The normalized spacial score (nSPS) is 20.7. The summed E-state index contributed by atoms with van der Waals surface area (Å²) in [5, 5.41) is 3.57. The molecule has 1 atom stereocenters. The Bertz CT molecular complexity index is 269. The summed E-state index contributed by atoms with van der Waals surface area (Å²) in [4.78, 5) is 4.97. The number of rotatable bonds is 8. The predicted octanol–water partition coefficient (Wildman–Crippen LogP) is 2.43. The summed E-state index contributed by atoms with van der Waals surface area (Å²) in [6.45, 7) is 12.6. The van der Waals surface area contributed by atoms with Gasteiger partial charge in [-0.15, -0.1) is 0 Å². The lowest BCUT2D eigenvalue weighted by atomic mass is 9.75. The van der Waals surface area contributed by atoms with Crippen LogP contribution in [0.1, 0.15) is 47.0 Å². The van der Waals surface area contributed by atoms with Gasteiger partial charge in [-0.1, -0.05) is 20.8 Å². The van der Waals surface area contributed by atoms with Gasteiger partial charge in [0.2, 0.25) is 0 Å². The van der Waals surface area contributed by atoms with Crippen molar-refractivity contribution >= 4 is 0 Å². The third-order valence-electron chi connectivity index (χ3n) is 5.16. The molecule has 1 unspecified atom stereocenters. The van der Waals surface area contributed by atoms with E-state index >= 15 is 0 Å². The second-order valence-corrected chi connectivity index (χ2v) is 7.41. The van der Waals surface area contributed by atoms with Crippen molar-refractivity contribution < 1.29 is 0 Å². The van der Waals surface area contributed by atoms with E-state index < -0.39 is 0 Å². The molecule has 1 saturated carbocycles. The van der Waals surface area contributed by atoms with Crippen LogP contribution in [-0.4, -0.2) is 62.2 Å². The zero-order chi connectivity index (χ0) is 14.7. The van der Waals surface area contributed by atoms with Crippen molar-refractivity contribution in [2.75, 3.05) is 40.8 Å². The van der Waals surface area contributed by atoms with Crippen molar-refractivity contribution in [3.05, 3.63) is 0 Å². The lowest BCUT2D eigenvalue weighted by Gasteiger charge is -2.50. The molecular weight excluding hydrogens is 234 g/mol. The van der Waals surface area contributed by atoms with Gasteiger partial charge >= 0.3 is 0 Å². The van der Waals surface area contributed by atoms with Crippen LogP contribution in [0.3, 0.4) is 0 Å². The fourth-order valence-corrected chi connectivity index (χ4v) is 3.31. The highest BCUT2D eigenvalue weighted by Gasteiger charge is 2.40. The fraction of sp³-hybridized carbons (Fsp3) is 1.00. The second kappa shape index (κ2) is 6.55. The van der Waals surface area contributed by atoms with Crippen LogP contribution in [0.5, 0.6) is 0 Å². The molecule has 3 nitrogen and oxygen atoms in total. The van der Waals surface area contributed by atoms with E-state index in [4.69, 9.17) is 0 Å². The van der Waals surface area contributed by atoms with Gasteiger partial charge in [-0.3, -0.25) is 0 Å². The average Bonchev–Trinajstić information content (AvgIpc) is 2.22. The van der Waals surface area contributed by atoms with E-state index in [9.17, 15) is 0 Å². The molecule has 1 aliphatic rings. The molecule has 0 heterocycles. The Kier molecular flexibility index (Phi) is 5.84. The van der Waals surface area contributed by atoms with Gasteiger partial charge in [0.05, 0.1) is 0 Å². The summed E-state index contributed by atoms with van der Waals surface area (Å²) in [5.41, 5.74) is 0.744. The summed E-state index contributed by atoms with van der Waals surface area (Å²) in [7, 11) is 6.75. The Morgan fingerprint density at radius 3 is 2.16 bits per heavy atom. The number of likely N-dealkylation sites (N-methyl/N-ethyl adjacent to an activating group) is 2. The van der Waals surface area contributed by atoms with Crippen LogP contribution in [0.25, 0.3) is 0 Å². The fourth-order valence-electron chi connectivity index (χ4n) is 3.31. The quantitative estimate of drug-likeness (QED) is 0.730. The topological polar surface area (TPSA) is 18.5 Å². The van der Waals surface area contributed by atoms with Crippen LogP contribution >= 0.6 is 0 Å². The standard InChI is InChI=1S/C16H35N3/c1-8-17-14(2)15(3,4)12-19(7)13-16(18(5)6)10-9-11-16/h14,17H,8-13H2,1-7H3. The number of hydrogen-bond donors (Lipinski definition) is 1. The molecule has 0 aromatic rings. The van der Waals surface area contributed by atoms with Crippen molar-refractivity contribution in [3.63, 3.8) is 0 Å². The van der Waals surface area contributed by atoms with Crippen LogP contribution < -0.4 is 5.32 Å². The third-order valence-corrected chi connectivity index (χ3v) is 5.16. The maximum atomic E-state index is 3.57. The van der Waals surface area contributed by atoms with Gasteiger partial charge in [0, 0.05) is 24.7 Å². The number of hydrogen-bond acceptors (Lipinski definition) is 3. The molecule has 0 aliphatic heterocycles. The Balaban J connectivity index is 2.52. The Labute approximate surface area is 120 Å². The van der Waals surface area contributed by atoms with E-state index in [1.807, 2.05) is 0 Å². The first-order chi connectivity index (χ1) is 8.73. The first-order valence-corrected chi connectivity index (χ1v) is 7.83. The summed E-state index contributed by atoms with van der Waals surface area (Å²) in [5.74, 6) is 0. The maximum absolute atomic E-state index is 3.57. The molecular formula is C16H35N3. The highest BCUT2D eigenvalue weighted by Crippen LogP contribution is 2.37. The minimum atomic E-state index is 0.308. The van der Waals surface area contributed by atoms with Crippen molar-refractivity contribution in [1.82, 2.24) is 15.1 Å². The number of nitrogens with one attached hydrogen (secondary N) is 1. The summed E-state index contributed by atoms with van der Waals surface area (Å²) in [6.07, 6.45) is 4.10. The molecule has 3 heteroatoms. The number of nitrogens with zero attached hydrogens (tertiary/aromatic N) is 2. The molecule has 1 aliphatic carbocycles. The SMILES string of the molecule is CCNC(C)C(C)(C)CN(C)CC1(N(C)C)CCC1. The van der Waals surface area contributed by atoms with Gasteiger partial charge in [0.15, 0.2) is 0 Å². The average molecular weight is 269 g/mol. The van der Waals surface area contributed by atoms with Gasteiger partial charge in [0.1, 0.15) is 0 Å². The molecule has 1 fully saturated rings. The van der Waals surface area contributed by atoms with E-state index in [2.05, 4.69) is 64.0 Å². The molecule has 114 valence electrons. The second-order valence-electron chi connectivity index (χ2n) is 7.41. The largest absolute Gasteiger partial charge is 0.314 e. The van der Waals surface area contributed by atoms with Crippen molar-refractivity contribution in [2.45, 2.75) is 58.5 Å². The molecule has 0 saturated heterocycles. The van der Waals surface area contributed by atoms with Crippen LogP contribution in [0.2, 0.25) is 0 Å². The van der Waals surface area contributed by atoms with Gasteiger partial charge in [0.25, 0.3) is 0 Å². The van der Waals surface area contributed by atoms with Crippen LogP contribution in [0.4, 0.5) is 0 Å². The lowest BCUT2D eigenvalue weighted by molar-refractivity contribution is 0.0158. The molecule has 0 radical (unpaired) electrons. The lowest BCUT2D eigenvalue weighted by Crippen LogP contribution is -2.58. The van der Waals surface area contributed by atoms with Gasteiger partial charge in [-0.25, -0.2) is 0 Å². The smallest absolute Gasteiger partial charge is 0.0330 e. The molecule has 1 N–H and O–H groups in total. The van der Waals surface area contributed by atoms with Gasteiger partial charge in [-0.05, 0) is 59.3 Å². The van der Waals surface area contributed by atoms with E-state index in [0.29, 0.717) is 17.0 Å². The maximum Gasteiger partial charge on any atom is 0.0330 e. The molecule has 0 bridgehead atoms. The third kappa shape index (κ3) is 4.17. The van der Waals surface area contributed by atoms with Gasteiger partial charge < -0.3 is 15.1 Å². The van der Waals surface area contributed by atoms with E-state index in [-0.39, 0.29) is 0 Å². The highest BCUT2D eigenvalue weighted by molar-refractivity contribution is 4.98. The van der Waals surface area contributed by atoms with E-state index in [1.165, 1.54) is 25.8 Å². The minimum Gasteiger partial charge on any atom is -0.314 e.